The van der Waals surface area contributed by atoms with Crippen LogP contribution < -0.4 is 10.6 Å². The summed E-state index contributed by atoms with van der Waals surface area (Å²) >= 11 is 0. The highest BCUT2D eigenvalue weighted by Crippen LogP contribution is 2.44. The second-order valence-electron chi connectivity index (χ2n) is 6.14. The molecule has 1 amide bonds. The molecule has 1 aliphatic rings. The minimum Gasteiger partial charge on any atom is -0.383 e. The molecule has 2 N–H and O–H groups in total. The maximum absolute atomic E-state index is 13.6. The van der Waals surface area contributed by atoms with Gasteiger partial charge < -0.3 is 15.4 Å². The topological polar surface area (TPSA) is 68.2 Å². The number of ether oxygens (including phenoxy) is 1. The van der Waals surface area contributed by atoms with E-state index in [-0.39, 0.29) is 31.0 Å². The van der Waals surface area contributed by atoms with Crippen molar-refractivity contribution in [3.63, 3.8) is 0 Å². The standard InChI is InChI=1S/C17H18F4N4O2/c1-27-7-6-22-16(26)12-9-23-25-14(17(19,20)21)8-13(24-15(12)25)10-2-4-11(18)5-3-10/h2-5,9,13-14,24H,6-8H2,1H3,(H,22,26). The molecule has 0 fully saturated rings. The summed E-state index contributed by atoms with van der Waals surface area (Å²) in [5, 5.41) is 9.28. The van der Waals surface area contributed by atoms with Crippen LogP contribution in [0.5, 0.6) is 0 Å². The van der Waals surface area contributed by atoms with Crippen LogP contribution in [0.3, 0.4) is 0 Å². The maximum atomic E-state index is 13.6. The van der Waals surface area contributed by atoms with Crippen LogP contribution in [0.25, 0.3) is 0 Å². The van der Waals surface area contributed by atoms with Crippen LogP contribution in [-0.2, 0) is 4.74 Å². The first-order valence-electron chi connectivity index (χ1n) is 8.24. The van der Waals surface area contributed by atoms with Crippen LogP contribution in [0.1, 0.15) is 34.4 Å². The number of hydrogen-bond donors (Lipinski definition) is 2. The number of fused-ring (bicyclic) bond motifs is 1. The van der Waals surface area contributed by atoms with Crippen molar-refractivity contribution in [2.75, 3.05) is 25.6 Å². The van der Waals surface area contributed by atoms with Gasteiger partial charge in [-0.15, -0.1) is 0 Å². The average Bonchev–Trinajstić information content (AvgIpc) is 3.04. The zero-order valence-corrected chi connectivity index (χ0v) is 14.4. The Hall–Kier alpha value is -2.62. The molecular formula is C17H18F4N4O2. The molecule has 1 aromatic carbocycles. The summed E-state index contributed by atoms with van der Waals surface area (Å²) in [5.74, 6) is -1.06. The highest BCUT2D eigenvalue weighted by Gasteiger charge is 2.47. The summed E-state index contributed by atoms with van der Waals surface area (Å²) in [5.41, 5.74) is 0.496. The van der Waals surface area contributed by atoms with E-state index >= 15 is 0 Å². The van der Waals surface area contributed by atoms with E-state index in [0.29, 0.717) is 5.56 Å². The van der Waals surface area contributed by atoms with Gasteiger partial charge in [0.1, 0.15) is 17.2 Å². The molecule has 3 rings (SSSR count). The number of carbonyl (C=O) groups excluding carboxylic acids is 1. The summed E-state index contributed by atoms with van der Waals surface area (Å²) in [6, 6.07) is 2.57. The molecule has 2 unspecified atom stereocenters. The molecule has 27 heavy (non-hydrogen) atoms. The number of hydrogen-bond acceptors (Lipinski definition) is 4. The number of rotatable bonds is 5. The maximum Gasteiger partial charge on any atom is 0.410 e. The third-order valence-electron chi connectivity index (χ3n) is 4.35. The number of alkyl halides is 3. The predicted octanol–water partition coefficient (Wildman–Crippen LogP) is 3.06. The Morgan fingerprint density at radius 2 is 2.07 bits per heavy atom. The minimum atomic E-state index is -4.55. The third-order valence-corrected chi connectivity index (χ3v) is 4.35. The first-order chi connectivity index (χ1) is 12.8. The Balaban J connectivity index is 1.93. The predicted molar refractivity (Wildman–Crippen MR) is 88.9 cm³/mol. The van der Waals surface area contributed by atoms with Gasteiger partial charge in [-0.25, -0.2) is 9.07 Å². The number of amides is 1. The van der Waals surface area contributed by atoms with Gasteiger partial charge in [0, 0.05) is 20.1 Å². The van der Waals surface area contributed by atoms with Crippen molar-refractivity contribution in [2.24, 2.45) is 0 Å². The Morgan fingerprint density at radius 3 is 2.70 bits per heavy atom. The van der Waals surface area contributed by atoms with E-state index in [1.165, 1.54) is 31.4 Å². The number of aromatic nitrogens is 2. The van der Waals surface area contributed by atoms with Crippen molar-refractivity contribution in [1.82, 2.24) is 15.1 Å². The van der Waals surface area contributed by atoms with Gasteiger partial charge >= 0.3 is 6.18 Å². The zero-order chi connectivity index (χ0) is 19.6. The summed E-state index contributed by atoms with van der Waals surface area (Å²) in [6.07, 6.45) is -3.77. The second kappa shape index (κ2) is 7.55. The van der Waals surface area contributed by atoms with E-state index < -0.39 is 30.0 Å². The molecule has 1 aliphatic heterocycles. The Morgan fingerprint density at radius 1 is 1.37 bits per heavy atom. The van der Waals surface area contributed by atoms with Gasteiger partial charge in [-0.1, -0.05) is 12.1 Å². The first kappa shape index (κ1) is 19.2. The summed E-state index contributed by atoms with van der Waals surface area (Å²) in [7, 11) is 1.47. The monoisotopic (exact) mass is 386 g/mol. The fraction of sp³-hybridized carbons (Fsp3) is 0.412. The molecule has 2 aromatic rings. The average molecular weight is 386 g/mol. The third kappa shape index (κ3) is 4.05. The molecule has 0 saturated carbocycles. The Bertz CT molecular complexity index is 804. The van der Waals surface area contributed by atoms with Crippen molar-refractivity contribution in [3.05, 3.63) is 47.4 Å². The van der Waals surface area contributed by atoms with Gasteiger partial charge in [0.15, 0.2) is 6.04 Å². The summed E-state index contributed by atoms with van der Waals surface area (Å²) in [6.45, 7) is 0.482. The molecule has 6 nitrogen and oxygen atoms in total. The van der Waals surface area contributed by atoms with Crippen LogP contribution in [0.15, 0.2) is 30.5 Å². The van der Waals surface area contributed by atoms with Gasteiger partial charge in [0.25, 0.3) is 5.91 Å². The Labute approximate surface area is 152 Å². The lowest BCUT2D eigenvalue weighted by molar-refractivity contribution is -0.173. The molecule has 0 bridgehead atoms. The van der Waals surface area contributed by atoms with E-state index in [2.05, 4.69) is 15.7 Å². The lowest BCUT2D eigenvalue weighted by Crippen LogP contribution is -2.36. The van der Waals surface area contributed by atoms with Crippen molar-refractivity contribution in [2.45, 2.75) is 24.7 Å². The summed E-state index contributed by atoms with van der Waals surface area (Å²) in [4.78, 5) is 12.3. The van der Waals surface area contributed by atoms with Crippen LogP contribution in [-0.4, -0.2) is 42.1 Å². The highest BCUT2D eigenvalue weighted by molar-refractivity contribution is 5.98. The van der Waals surface area contributed by atoms with Crippen molar-refractivity contribution >= 4 is 11.7 Å². The van der Waals surface area contributed by atoms with Gasteiger partial charge in [-0.05, 0) is 17.7 Å². The van der Waals surface area contributed by atoms with E-state index in [1.54, 1.807) is 0 Å². The molecule has 10 heteroatoms. The number of halogens is 4. The lowest BCUT2D eigenvalue weighted by Gasteiger charge is -2.34. The number of anilines is 1. The highest BCUT2D eigenvalue weighted by atomic mass is 19.4. The van der Waals surface area contributed by atoms with Crippen LogP contribution in [0.2, 0.25) is 0 Å². The second-order valence-corrected chi connectivity index (χ2v) is 6.14. The smallest absolute Gasteiger partial charge is 0.383 e. The molecule has 2 heterocycles. The fourth-order valence-electron chi connectivity index (χ4n) is 3.00. The number of nitrogens with one attached hydrogen (secondary N) is 2. The van der Waals surface area contributed by atoms with Crippen molar-refractivity contribution in [3.8, 4) is 0 Å². The van der Waals surface area contributed by atoms with Crippen LogP contribution in [0.4, 0.5) is 23.4 Å². The van der Waals surface area contributed by atoms with Gasteiger partial charge in [0.05, 0.1) is 18.8 Å². The molecule has 0 saturated heterocycles. The SMILES string of the molecule is COCCNC(=O)c1cnn2c1NC(c1ccc(F)cc1)CC2C(F)(F)F. The van der Waals surface area contributed by atoms with E-state index in [4.69, 9.17) is 4.74 Å². The number of nitrogens with zero attached hydrogens (tertiary/aromatic N) is 2. The van der Waals surface area contributed by atoms with Gasteiger partial charge in [-0.3, -0.25) is 4.79 Å². The van der Waals surface area contributed by atoms with Crippen molar-refractivity contribution < 1.29 is 27.1 Å². The first-order valence-corrected chi connectivity index (χ1v) is 8.24. The van der Waals surface area contributed by atoms with E-state index in [9.17, 15) is 22.4 Å². The molecule has 0 aliphatic carbocycles. The molecule has 2 atom stereocenters. The molecule has 146 valence electrons. The van der Waals surface area contributed by atoms with Crippen LogP contribution in [0, 0.1) is 5.82 Å². The van der Waals surface area contributed by atoms with Gasteiger partial charge in [0.2, 0.25) is 0 Å². The minimum absolute atomic E-state index is 0.00663. The molecule has 0 spiro atoms. The lowest BCUT2D eigenvalue weighted by atomic mass is 9.96. The summed E-state index contributed by atoms with van der Waals surface area (Å²) < 4.78 is 59.5. The number of benzene rings is 1. The van der Waals surface area contributed by atoms with Crippen molar-refractivity contribution in [1.29, 1.82) is 0 Å². The molecule has 1 aromatic heterocycles. The number of methoxy groups -OCH3 is 1. The quantitative estimate of drug-likeness (QED) is 0.612. The Kier molecular flexibility index (Phi) is 5.36. The fourth-order valence-corrected chi connectivity index (χ4v) is 3.00. The normalized spacial score (nSPS) is 19.3. The van der Waals surface area contributed by atoms with E-state index in [0.717, 1.165) is 10.9 Å². The van der Waals surface area contributed by atoms with Crippen LogP contribution >= 0.6 is 0 Å². The van der Waals surface area contributed by atoms with Gasteiger partial charge in [-0.2, -0.15) is 18.3 Å². The molecular weight excluding hydrogens is 368 g/mol. The molecule has 0 radical (unpaired) electrons. The zero-order valence-electron chi connectivity index (χ0n) is 14.4. The van der Waals surface area contributed by atoms with E-state index in [1.807, 2.05) is 0 Å². The largest absolute Gasteiger partial charge is 0.410 e. The number of carbonyl (C=O) groups is 1.